The first-order valence-corrected chi connectivity index (χ1v) is 7.78. The molecular formula is C16H20F4N4. The van der Waals surface area contributed by atoms with E-state index in [0.717, 1.165) is 11.1 Å². The predicted molar refractivity (Wildman–Crippen MR) is 86.8 cm³/mol. The van der Waals surface area contributed by atoms with E-state index in [0.29, 0.717) is 29.6 Å². The van der Waals surface area contributed by atoms with Gasteiger partial charge in [-0.25, -0.2) is 4.39 Å². The van der Waals surface area contributed by atoms with E-state index < -0.39 is 18.9 Å². The fourth-order valence-corrected chi connectivity index (χ4v) is 3.21. The average Bonchev–Trinajstić information content (AvgIpc) is 2.78. The molecular weight excluding hydrogens is 324 g/mol. The molecule has 1 aromatic carbocycles. The second-order valence-corrected chi connectivity index (χ2v) is 6.33. The predicted octanol–water partition coefficient (Wildman–Crippen LogP) is 3.24. The van der Waals surface area contributed by atoms with Gasteiger partial charge in [-0.1, -0.05) is 6.07 Å². The van der Waals surface area contributed by atoms with Crippen LogP contribution in [0.1, 0.15) is 6.42 Å². The molecule has 1 saturated heterocycles. The van der Waals surface area contributed by atoms with Crippen molar-refractivity contribution < 1.29 is 17.6 Å². The zero-order valence-corrected chi connectivity index (χ0v) is 13.3. The van der Waals surface area contributed by atoms with Gasteiger partial charge >= 0.3 is 6.18 Å². The van der Waals surface area contributed by atoms with E-state index in [1.807, 2.05) is 11.9 Å². The maximum atomic E-state index is 14.2. The van der Waals surface area contributed by atoms with Crippen LogP contribution < -0.4 is 11.1 Å². The number of halogens is 4. The Morgan fingerprint density at radius 2 is 2.08 bits per heavy atom. The summed E-state index contributed by atoms with van der Waals surface area (Å²) >= 11 is 0. The number of piperidine rings is 1. The van der Waals surface area contributed by atoms with E-state index in [1.165, 1.54) is 6.07 Å². The Kier molecular flexibility index (Phi) is 4.33. The molecule has 3 N–H and O–H groups in total. The third-order valence-corrected chi connectivity index (χ3v) is 4.40. The lowest BCUT2D eigenvalue weighted by Gasteiger charge is -2.33. The highest BCUT2D eigenvalue weighted by Crippen LogP contribution is 2.32. The number of fused-ring (bicyclic) bond motifs is 1. The number of nitrogens with zero attached hydrogens (tertiary/aromatic N) is 2. The first-order chi connectivity index (χ1) is 11.2. The van der Waals surface area contributed by atoms with Gasteiger partial charge in [0.05, 0.1) is 11.6 Å². The van der Waals surface area contributed by atoms with Crippen LogP contribution in [0.2, 0.25) is 0 Å². The number of alkyl halides is 4. The minimum atomic E-state index is -4.36. The van der Waals surface area contributed by atoms with Crippen molar-refractivity contribution in [1.82, 2.24) is 9.47 Å². The Bertz CT molecular complexity index is 725. The SMILES string of the molecule is CN1CCC(Nc2cccc3c2cc(N)n3CC(F)(F)F)C(F)C1. The number of hydrogen-bond donors (Lipinski definition) is 2. The Labute approximate surface area is 137 Å². The van der Waals surface area contributed by atoms with Crippen molar-refractivity contribution in [3.63, 3.8) is 0 Å². The van der Waals surface area contributed by atoms with Gasteiger partial charge in [-0.05, 0) is 31.7 Å². The van der Waals surface area contributed by atoms with Gasteiger partial charge in [-0.2, -0.15) is 13.2 Å². The molecule has 0 radical (unpaired) electrons. The van der Waals surface area contributed by atoms with Crippen LogP contribution >= 0.6 is 0 Å². The van der Waals surface area contributed by atoms with Crippen molar-refractivity contribution in [3.8, 4) is 0 Å². The molecule has 0 saturated carbocycles. The van der Waals surface area contributed by atoms with Gasteiger partial charge in [0.2, 0.25) is 0 Å². The van der Waals surface area contributed by atoms with Gasteiger partial charge in [0.15, 0.2) is 0 Å². The molecule has 1 aromatic heterocycles. The topological polar surface area (TPSA) is 46.2 Å². The minimum absolute atomic E-state index is 0.0387. The number of nitrogens with two attached hydrogens (primary N) is 1. The van der Waals surface area contributed by atoms with Crippen LogP contribution in [0.3, 0.4) is 0 Å². The normalized spacial score (nSPS) is 22.9. The molecule has 1 aliphatic rings. The maximum Gasteiger partial charge on any atom is 0.406 e. The molecule has 0 bridgehead atoms. The van der Waals surface area contributed by atoms with Crippen molar-refractivity contribution in [3.05, 3.63) is 24.3 Å². The molecule has 132 valence electrons. The number of nitrogen functional groups attached to an aromatic ring is 1. The zero-order chi connectivity index (χ0) is 17.5. The Hall–Kier alpha value is -1.96. The molecule has 2 unspecified atom stereocenters. The number of likely N-dealkylation sites (tertiary alicyclic amines) is 1. The Morgan fingerprint density at radius 3 is 2.75 bits per heavy atom. The fourth-order valence-electron chi connectivity index (χ4n) is 3.21. The summed E-state index contributed by atoms with van der Waals surface area (Å²) < 4.78 is 53.5. The number of nitrogens with one attached hydrogen (secondary N) is 1. The average molecular weight is 344 g/mol. The van der Waals surface area contributed by atoms with Crippen LogP contribution in [-0.2, 0) is 6.54 Å². The highest BCUT2D eigenvalue weighted by molar-refractivity contribution is 5.95. The summed E-state index contributed by atoms with van der Waals surface area (Å²) in [5.41, 5.74) is 6.76. The summed E-state index contributed by atoms with van der Waals surface area (Å²) in [5, 5.41) is 3.72. The van der Waals surface area contributed by atoms with Crippen LogP contribution in [0.5, 0.6) is 0 Å². The quantitative estimate of drug-likeness (QED) is 0.841. The highest BCUT2D eigenvalue weighted by atomic mass is 19.4. The Morgan fingerprint density at radius 1 is 1.33 bits per heavy atom. The third-order valence-electron chi connectivity index (χ3n) is 4.40. The van der Waals surface area contributed by atoms with Crippen LogP contribution in [0.4, 0.5) is 29.1 Å². The lowest BCUT2D eigenvalue weighted by molar-refractivity contribution is -0.139. The Balaban J connectivity index is 1.91. The number of rotatable bonds is 3. The smallest absolute Gasteiger partial charge is 0.385 e. The summed E-state index contributed by atoms with van der Waals surface area (Å²) in [5.74, 6) is 0.0387. The molecule has 1 fully saturated rings. The lowest BCUT2D eigenvalue weighted by atomic mass is 10.0. The molecule has 24 heavy (non-hydrogen) atoms. The van der Waals surface area contributed by atoms with Crippen molar-refractivity contribution in [2.24, 2.45) is 0 Å². The van der Waals surface area contributed by atoms with Crippen molar-refractivity contribution in [2.45, 2.75) is 31.4 Å². The first kappa shape index (κ1) is 16.9. The summed E-state index contributed by atoms with van der Waals surface area (Å²) in [6.07, 6.45) is -4.76. The van der Waals surface area contributed by atoms with Crippen molar-refractivity contribution in [1.29, 1.82) is 0 Å². The molecule has 4 nitrogen and oxygen atoms in total. The minimum Gasteiger partial charge on any atom is -0.385 e. The van der Waals surface area contributed by atoms with Crippen molar-refractivity contribution in [2.75, 3.05) is 31.2 Å². The molecule has 3 rings (SSSR count). The van der Waals surface area contributed by atoms with Gasteiger partial charge in [-0.15, -0.1) is 0 Å². The van der Waals surface area contributed by atoms with E-state index in [9.17, 15) is 17.6 Å². The summed E-state index contributed by atoms with van der Waals surface area (Å²) in [6, 6.07) is 6.12. The summed E-state index contributed by atoms with van der Waals surface area (Å²) in [7, 11) is 1.86. The van der Waals surface area contributed by atoms with E-state index in [1.54, 1.807) is 18.2 Å². The number of aromatic nitrogens is 1. The number of anilines is 2. The summed E-state index contributed by atoms with van der Waals surface area (Å²) in [6.45, 7) is -0.0398. The second kappa shape index (κ2) is 6.16. The molecule has 8 heteroatoms. The maximum absolute atomic E-state index is 14.2. The van der Waals surface area contributed by atoms with Crippen LogP contribution in [-0.4, -0.2) is 48.0 Å². The van der Waals surface area contributed by atoms with Crippen molar-refractivity contribution >= 4 is 22.4 Å². The van der Waals surface area contributed by atoms with Crippen LogP contribution in [0, 0.1) is 0 Å². The summed E-state index contributed by atoms with van der Waals surface area (Å²) in [4.78, 5) is 1.92. The van der Waals surface area contributed by atoms with Gasteiger partial charge in [0.1, 0.15) is 18.5 Å². The lowest BCUT2D eigenvalue weighted by Crippen LogP contribution is -2.46. The number of hydrogen-bond acceptors (Lipinski definition) is 3. The molecule has 1 aliphatic heterocycles. The van der Waals surface area contributed by atoms with Gasteiger partial charge in [0.25, 0.3) is 0 Å². The zero-order valence-electron chi connectivity index (χ0n) is 13.3. The molecule has 2 atom stereocenters. The standard InChI is InChI=1S/C16H20F4N4/c1-23-6-5-13(11(17)8-23)22-12-3-2-4-14-10(12)7-15(21)24(14)9-16(18,19)20/h2-4,7,11,13,22H,5-6,8-9,21H2,1H3. The second-order valence-electron chi connectivity index (χ2n) is 6.33. The largest absolute Gasteiger partial charge is 0.406 e. The van der Waals surface area contributed by atoms with Gasteiger partial charge in [0, 0.05) is 24.2 Å². The molecule has 2 aromatic rings. The highest BCUT2D eigenvalue weighted by Gasteiger charge is 2.30. The monoisotopic (exact) mass is 344 g/mol. The van der Waals surface area contributed by atoms with Gasteiger partial charge in [-0.3, -0.25) is 0 Å². The molecule has 0 aliphatic carbocycles. The van der Waals surface area contributed by atoms with E-state index in [-0.39, 0.29) is 11.9 Å². The first-order valence-electron chi connectivity index (χ1n) is 7.78. The van der Waals surface area contributed by atoms with E-state index in [2.05, 4.69) is 5.32 Å². The van der Waals surface area contributed by atoms with E-state index in [4.69, 9.17) is 5.73 Å². The van der Waals surface area contributed by atoms with Crippen LogP contribution in [0.25, 0.3) is 10.9 Å². The fraction of sp³-hybridized carbons (Fsp3) is 0.500. The van der Waals surface area contributed by atoms with Crippen LogP contribution in [0.15, 0.2) is 24.3 Å². The molecule has 2 heterocycles. The van der Waals surface area contributed by atoms with E-state index >= 15 is 0 Å². The third kappa shape index (κ3) is 3.43. The molecule has 0 spiro atoms. The molecule has 0 amide bonds. The van der Waals surface area contributed by atoms with Gasteiger partial charge < -0.3 is 20.5 Å². The number of benzene rings is 1.